The Morgan fingerprint density at radius 2 is 1.57 bits per heavy atom. The minimum absolute atomic E-state index is 0.0694. The molecule has 21 heavy (non-hydrogen) atoms. The highest BCUT2D eigenvalue weighted by Crippen LogP contribution is 2.35. The van der Waals surface area contributed by atoms with E-state index >= 15 is 0 Å². The summed E-state index contributed by atoms with van der Waals surface area (Å²) in [7, 11) is 0. The van der Waals surface area contributed by atoms with Gasteiger partial charge < -0.3 is 20.8 Å². The van der Waals surface area contributed by atoms with Crippen molar-refractivity contribution in [2.45, 2.75) is 70.6 Å². The van der Waals surface area contributed by atoms with Crippen molar-refractivity contribution in [3.8, 4) is 11.5 Å². The predicted octanol–water partition coefficient (Wildman–Crippen LogP) is 3.06. The fraction of sp³-hybridized carbons (Fsp3) is 0.647. The second-order valence-corrected chi connectivity index (χ2v) is 7.60. The third-order valence-corrected chi connectivity index (χ3v) is 4.17. The first-order chi connectivity index (χ1) is 9.60. The van der Waals surface area contributed by atoms with Gasteiger partial charge in [-0.15, -0.1) is 0 Å². The zero-order valence-corrected chi connectivity index (χ0v) is 13.7. The van der Waals surface area contributed by atoms with Gasteiger partial charge in [-0.2, -0.15) is 0 Å². The minimum atomic E-state index is -0.0964. The van der Waals surface area contributed by atoms with Gasteiger partial charge in [0.2, 0.25) is 0 Å². The molecule has 0 bridgehead atoms. The van der Waals surface area contributed by atoms with Gasteiger partial charge in [0.1, 0.15) is 11.5 Å². The first kappa shape index (κ1) is 16.1. The lowest BCUT2D eigenvalue weighted by Gasteiger charge is -2.47. The number of nitrogens with one attached hydrogen (secondary N) is 2. The zero-order valence-electron chi connectivity index (χ0n) is 13.7. The lowest BCUT2D eigenvalue weighted by molar-refractivity contribution is 0.140. The van der Waals surface area contributed by atoms with Crippen LogP contribution in [0.4, 0.5) is 0 Å². The van der Waals surface area contributed by atoms with Crippen molar-refractivity contribution in [2.75, 3.05) is 0 Å². The van der Waals surface area contributed by atoms with Crippen LogP contribution in [0.15, 0.2) is 18.2 Å². The van der Waals surface area contributed by atoms with Crippen LogP contribution in [0.1, 0.15) is 59.1 Å². The number of piperidine rings is 1. The Morgan fingerprint density at radius 1 is 1.10 bits per heavy atom. The van der Waals surface area contributed by atoms with E-state index in [-0.39, 0.29) is 28.6 Å². The fourth-order valence-corrected chi connectivity index (χ4v) is 3.86. The van der Waals surface area contributed by atoms with Crippen LogP contribution in [0.3, 0.4) is 0 Å². The van der Waals surface area contributed by atoms with Crippen molar-refractivity contribution in [3.05, 3.63) is 23.8 Å². The maximum atomic E-state index is 9.98. The Balaban J connectivity index is 2.14. The number of phenols is 2. The average molecular weight is 292 g/mol. The first-order valence-electron chi connectivity index (χ1n) is 7.66. The van der Waals surface area contributed by atoms with Gasteiger partial charge in [-0.05, 0) is 59.6 Å². The number of rotatable bonds is 3. The summed E-state index contributed by atoms with van der Waals surface area (Å²) in [5.41, 5.74) is 0.714. The molecule has 1 heterocycles. The minimum Gasteiger partial charge on any atom is -0.507 e. The largest absolute Gasteiger partial charge is 0.507 e. The summed E-state index contributed by atoms with van der Waals surface area (Å²) in [5.74, 6) is 0.282. The number of hydrogen-bond donors (Lipinski definition) is 4. The van der Waals surface area contributed by atoms with E-state index in [0.717, 1.165) is 12.8 Å². The number of aromatic hydroxyl groups is 2. The highest BCUT2D eigenvalue weighted by molar-refractivity contribution is 5.45. The van der Waals surface area contributed by atoms with Crippen molar-refractivity contribution >= 4 is 0 Å². The smallest absolute Gasteiger partial charge is 0.124 e. The molecule has 0 spiro atoms. The molecule has 0 aliphatic carbocycles. The van der Waals surface area contributed by atoms with Gasteiger partial charge >= 0.3 is 0 Å². The van der Waals surface area contributed by atoms with Gasteiger partial charge in [-0.25, -0.2) is 0 Å². The van der Waals surface area contributed by atoms with E-state index in [2.05, 4.69) is 38.3 Å². The lowest BCUT2D eigenvalue weighted by Crippen LogP contribution is -2.61. The standard InChI is InChI=1S/C17H28N2O2/c1-11(15-13(20)7-6-8-14(15)21)18-12-9-16(2,3)19-17(4,5)10-12/h6-8,11-12,18-21H,9-10H2,1-5H3. The number of phenolic OH excluding ortho intramolecular Hbond substituents is 2. The quantitative estimate of drug-likeness (QED) is 0.691. The second kappa shape index (κ2) is 5.50. The van der Waals surface area contributed by atoms with Crippen LogP contribution in [0.5, 0.6) is 11.5 Å². The van der Waals surface area contributed by atoms with Crippen LogP contribution < -0.4 is 10.6 Å². The highest BCUT2D eigenvalue weighted by Gasteiger charge is 2.38. The van der Waals surface area contributed by atoms with Crippen molar-refractivity contribution in [2.24, 2.45) is 0 Å². The summed E-state index contributed by atoms with van der Waals surface area (Å²) in [6.45, 7) is 10.8. The van der Waals surface area contributed by atoms with Gasteiger partial charge in [0, 0.05) is 23.2 Å². The van der Waals surface area contributed by atoms with Gasteiger partial charge in [0.15, 0.2) is 0 Å². The molecule has 1 fully saturated rings. The van der Waals surface area contributed by atoms with Crippen LogP contribution in [-0.4, -0.2) is 27.3 Å². The van der Waals surface area contributed by atoms with Gasteiger partial charge in [-0.3, -0.25) is 0 Å². The summed E-state index contributed by atoms with van der Waals surface area (Å²) >= 11 is 0. The van der Waals surface area contributed by atoms with Crippen LogP contribution >= 0.6 is 0 Å². The molecular formula is C17H28N2O2. The topological polar surface area (TPSA) is 64.5 Å². The Hall–Kier alpha value is -1.26. The summed E-state index contributed by atoms with van der Waals surface area (Å²) in [6, 6.07) is 5.12. The molecule has 0 aromatic heterocycles. The van der Waals surface area contributed by atoms with Crippen molar-refractivity contribution < 1.29 is 10.2 Å². The average Bonchev–Trinajstić information content (AvgIpc) is 2.23. The molecule has 1 aliphatic heterocycles. The summed E-state index contributed by atoms with van der Waals surface area (Å²) in [4.78, 5) is 0. The van der Waals surface area contributed by atoms with Crippen LogP contribution in [0.2, 0.25) is 0 Å². The predicted molar refractivity (Wildman–Crippen MR) is 85.6 cm³/mol. The van der Waals surface area contributed by atoms with E-state index < -0.39 is 0 Å². The van der Waals surface area contributed by atoms with Crippen molar-refractivity contribution in [3.63, 3.8) is 0 Å². The summed E-state index contributed by atoms with van der Waals surface area (Å²) < 4.78 is 0. The third kappa shape index (κ3) is 3.89. The van der Waals surface area contributed by atoms with E-state index in [1.165, 1.54) is 0 Å². The fourth-order valence-electron chi connectivity index (χ4n) is 3.86. The summed E-state index contributed by atoms with van der Waals surface area (Å²) in [6.07, 6.45) is 2.02. The van der Waals surface area contributed by atoms with E-state index in [4.69, 9.17) is 0 Å². The van der Waals surface area contributed by atoms with Gasteiger partial charge in [0.05, 0.1) is 5.56 Å². The third-order valence-electron chi connectivity index (χ3n) is 4.17. The maximum Gasteiger partial charge on any atom is 0.124 e. The molecule has 2 rings (SSSR count). The molecule has 1 aromatic rings. The Morgan fingerprint density at radius 3 is 2.05 bits per heavy atom. The van der Waals surface area contributed by atoms with Gasteiger partial charge in [0.25, 0.3) is 0 Å². The molecule has 1 unspecified atom stereocenters. The number of hydrogen-bond acceptors (Lipinski definition) is 4. The molecule has 0 amide bonds. The van der Waals surface area contributed by atoms with E-state index in [1.807, 2.05) is 6.92 Å². The summed E-state index contributed by atoms with van der Waals surface area (Å²) in [5, 5.41) is 27.2. The molecule has 4 heteroatoms. The number of benzene rings is 1. The van der Waals surface area contributed by atoms with Crippen molar-refractivity contribution in [1.82, 2.24) is 10.6 Å². The normalized spacial score (nSPS) is 22.9. The van der Waals surface area contributed by atoms with Crippen LogP contribution in [0.25, 0.3) is 0 Å². The maximum absolute atomic E-state index is 9.98. The Bertz CT molecular complexity index is 475. The molecule has 1 atom stereocenters. The molecule has 1 aliphatic rings. The lowest BCUT2D eigenvalue weighted by atomic mass is 9.79. The molecule has 0 radical (unpaired) electrons. The molecular weight excluding hydrogens is 264 g/mol. The SMILES string of the molecule is CC(NC1CC(C)(C)NC(C)(C)C1)c1c(O)cccc1O. The van der Waals surface area contributed by atoms with Crippen molar-refractivity contribution in [1.29, 1.82) is 0 Å². The molecule has 1 saturated heterocycles. The Labute approximate surface area is 127 Å². The molecule has 0 saturated carbocycles. The monoisotopic (exact) mass is 292 g/mol. The van der Waals surface area contributed by atoms with E-state index in [1.54, 1.807) is 18.2 Å². The van der Waals surface area contributed by atoms with Crippen LogP contribution in [-0.2, 0) is 0 Å². The molecule has 4 nitrogen and oxygen atoms in total. The van der Waals surface area contributed by atoms with E-state index in [9.17, 15) is 10.2 Å². The first-order valence-corrected chi connectivity index (χ1v) is 7.66. The zero-order chi connectivity index (χ0) is 15.8. The highest BCUT2D eigenvalue weighted by atomic mass is 16.3. The Kier molecular flexibility index (Phi) is 4.22. The molecule has 1 aromatic carbocycles. The van der Waals surface area contributed by atoms with E-state index in [0.29, 0.717) is 11.6 Å². The second-order valence-electron chi connectivity index (χ2n) is 7.60. The van der Waals surface area contributed by atoms with Gasteiger partial charge in [-0.1, -0.05) is 6.07 Å². The van der Waals surface area contributed by atoms with Crippen LogP contribution in [0, 0.1) is 0 Å². The molecule has 4 N–H and O–H groups in total. The molecule has 118 valence electrons.